The lowest BCUT2D eigenvalue weighted by Gasteiger charge is -2.15. The number of alkyl halides is 1. The lowest BCUT2D eigenvalue weighted by Crippen LogP contribution is -2.12. The van der Waals surface area contributed by atoms with Crippen molar-refractivity contribution in [1.29, 1.82) is 0 Å². The Bertz CT molecular complexity index is 332. The molecular formula is C11H16FNO3. The number of methoxy groups -OCH3 is 2. The Labute approximate surface area is 93.8 Å². The van der Waals surface area contributed by atoms with Gasteiger partial charge in [-0.2, -0.15) is 0 Å². The van der Waals surface area contributed by atoms with Crippen molar-refractivity contribution in [1.82, 2.24) is 0 Å². The molecule has 0 fully saturated rings. The molecule has 16 heavy (non-hydrogen) atoms. The summed E-state index contributed by atoms with van der Waals surface area (Å²) in [4.78, 5) is 0. The molecule has 3 N–H and O–H groups in total. The van der Waals surface area contributed by atoms with Gasteiger partial charge in [0, 0.05) is 12.1 Å². The second kappa shape index (κ2) is 5.67. The average molecular weight is 229 g/mol. The van der Waals surface area contributed by atoms with Crippen LogP contribution in [-0.2, 0) is 6.67 Å². The number of aliphatic hydroxyl groups excluding tert-OH is 1. The molecule has 5 heteroatoms. The Morgan fingerprint density at radius 3 is 2.50 bits per heavy atom. The van der Waals surface area contributed by atoms with Crippen LogP contribution in [0.5, 0.6) is 11.5 Å². The third-order valence-corrected chi connectivity index (χ3v) is 2.33. The van der Waals surface area contributed by atoms with Crippen LogP contribution in [0.2, 0.25) is 0 Å². The highest BCUT2D eigenvalue weighted by molar-refractivity contribution is 5.49. The Kier molecular flexibility index (Phi) is 4.52. The van der Waals surface area contributed by atoms with E-state index in [-0.39, 0.29) is 6.54 Å². The van der Waals surface area contributed by atoms with Gasteiger partial charge in [0.2, 0.25) is 0 Å². The maximum Gasteiger partial charge on any atom is 0.166 e. The van der Waals surface area contributed by atoms with Crippen molar-refractivity contribution in [3.63, 3.8) is 0 Å². The van der Waals surface area contributed by atoms with E-state index in [1.807, 2.05) is 0 Å². The van der Waals surface area contributed by atoms with Gasteiger partial charge >= 0.3 is 0 Å². The summed E-state index contributed by atoms with van der Waals surface area (Å²) < 4.78 is 22.9. The minimum absolute atomic E-state index is 0.0706. The van der Waals surface area contributed by atoms with Crippen molar-refractivity contribution < 1.29 is 19.0 Å². The summed E-state index contributed by atoms with van der Waals surface area (Å²) in [5.74, 6) is 0.734. The summed E-state index contributed by atoms with van der Waals surface area (Å²) >= 11 is 0. The molecule has 0 aromatic heterocycles. The number of ether oxygens (including phenoxy) is 2. The molecule has 1 aromatic rings. The molecule has 0 radical (unpaired) electrons. The fraction of sp³-hybridized carbons (Fsp3) is 0.455. The van der Waals surface area contributed by atoms with Gasteiger partial charge in [-0.15, -0.1) is 0 Å². The number of rotatable bonds is 5. The summed E-state index contributed by atoms with van der Waals surface area (Å²) in [6.07, 6.45) is -0.829. The van der Waals surface area contributed by atoms with Crippen molar-refractivity contribution >= 4 is 0 Å². The third-order valence-electron chi connectivity index (χ3n) is 2.33. The first kappa shape index (κ1) is 12.7. The minimum atomic E-state index is -0.829. The van der Waals surface area contributed by atoms with Crippen LogP contribution in [0, 0.1) is 0 Å². The Balaban J connectivity index is 3.25. The van der Waals surface area contributed by atoms with Crippen LogP contribution in [0.4, 0.5) is 4.39 Å². The zero-order valence-corrected chi connectivity index (χ0v) is 9.37. The number of benzene rings is 1. The summed E-state index contributed by atoms with van der Waals surface area (Å²) in [6.45, 7) is -0.619. The second-order valence-corrected chi connectivity index (χ2v) is 3.30. The van der Waals surface area contributed by atoms with Gasteiger partial charge in [0.05, 0.1) is 20.3 Å². The molecule has 0 saturated heterocycles. The molecule has 0 saturated carbocycles. The van der Waals surface area contributed by atoms with Gasteiger partial charge in [-0.1, -0.05) is 0 Å². The molecule has 0 aliphatic heterocycles. The van der Waals surface area contributed by atoms with Crippen molar-refractivity contribution in [3.8, 4) is 11.5 Å². The quantitative estimate of drug-likeness (QED) is 0.795. The molecule has 0 aliphatic rings. The molecule has 90 valence electrons. The summed E-state index contributed by atoms with van der Waals surface area (Å²) in [5.41, 5.74) is 6.20. The van der Waals surface area contributed by atoms with Gasteiger partial charge in [0.25, 0.3) is 0 Å². The Morgan fingerprint density at radius 2 is 2.06 bits per heavy atom. The lowest BCUT2D eigenvalue weighted by molar-refractivity contribution is 0.186. The Hall–Kier alpha value is -1.33. The molecule has 1 aromatic carbocycles. The second-order valence-electron chi connectivity index (χ2n) is 3.30. The van der Waals surface area contributed by atoms with E-state index >= 15 is 0 Å². The molecule has 1 rings (SSSR count). The van der Waals surface area contributed by atoms with Crippen LogP contribution in [-0.4, -0.2) is 25.9 Å². The van der Waals surface area contributed by atoms with E-state index in [1.165, 1.54) is 20.3 Å². The highest BCUT2D eigenvalue weighted by atomic mass is 19.1. The van der Waals surface area contributed by atoms with E-state index in [4.69, 9.17) is 15.2 Å². The lowest BCUT2D eigenvalue weighted by atomic mass is 10.0. The SMILES string of the molecule is COc1cc(C(O)CN)cc(CF)c1OC. The van der Waals surface area contributed by atoms with Crippen molar-refractivity contribution in [2.75, 3.05) is 20.8 Å². The maximum absolute atomic E-state index is 12.8. The zero-order chi connectivity index (χ0) is 12.1. The number of hydrogen-bond donors (Lipinski definition) is 2. The number of nitrogens with two attached hydrogens (primary N) is 1. The fourth-order valence-corrected chi connectivity index (χ4v) is 1.49. The van der Waals surface area contributed by atoms with E-state index < -0.39 is 12.8 Å². The molecular weight excluding hydrogens is 213 g/mol. The van der Waals surface area contributed by atoms with E-state index in [0.717, 1.165) is 0 Å². The predicted octanol–water partition coefficient (Wildman–Crippen LogP) is 1.17. The van der Waals surface area contributed by atoms with Crippen LogP contribution in [0.1, 0.15) is 17.2 Å². The first-order valence-electron chi connectivity index (χ1n) is 4.86. The standard InChI is InChI=1S/C11H16FNO3/c1-15-10-4-7(9(14)6-13)3-8(5-12)11(10)16-2/h3-4,9,14H,5-6,13H2,1-2H3. The van der Waals surface area contributed by atoms with Crippen molar-refractivity contribution in [2.24, 2.45) is 5.73 Å². The number of halogens is 1. The van der Waals surface area contributed by atoms with Gasteiger partial charge in [-0.25, -0.2) is 4.39 Å². The van der Waals surface area contributed by atoms with E-state index in [0.29, 0.717) is 22.6 Å². The van der Waals surface area contributed by atoms with Crippen molar-refractivity contribution in [2.45, 2.75) is 12.8 Å². The predicted molar refractivity (Wildman–Crippen MR) is 58.4 cm³/mol. The van der Waals surface area contributed by atoms with Crippen LogP contribution in [0.25, 0.3) is 0 Å². The number of aliphatic hydroxyl groups is 1. The highest BCUT2D eigenvalue weighted by Gasteiger charge is 2.15. The monoisotopic (exact) mass is 229 g/mol. The van der Waals surface area contributed by atoms with Crippen molar-refractivity contribution in [3.05, 3.63) is 23.3 Å². The zero-order valence-electron chi connectivity index (χ0n) is 9.37. The summed E-state index contributed by atoms with van der Waals surface area (Å²) in [5, 5.41) is 9.59. The molecule has 4 nitrogen and oxygen atoms in total. The average Bonchev–Trinajstić information content (AvgIpc) is 2.35. The van der Waals surface area contributed by atoms with Gasteiger partial charge in [0.1, 0.15) is 6.67 Å². The van der Waals surface area contributed by atoms with Gasteiger partial charge in [-0.05, 0) is 17.7 Å². The Morgan fingerprint density at radius 1 is 1.38 bits per heavy atom. The van der Waals surface area contributed by atoms with Crippen LogP contribution in [0.3, 0.4) is 0 Å². The fourth-order valence-electron chi connectivity index (χ4n) is 1.49. The normalized spacial score (nSPS) is 12.3. The molecule has 1 unspecified atom stereocenters. The van der Waals surface area contributed by atoms with E-state index in [2.05, 4.69) is 0 Å². The van der Waals surface area contributed by atoms with E-state index in [1.54, 1.807) is 6.07 Å². The highest BCUT2D eigenvalue weighted by Crippen LogP contribution is 2.34. The molecule has 0 bridgehead atoms. The first-order chi connectivity index (χ1) is 7.67. The van der Waals surface area contributed by atoms with Gasteiger partial charge < -0.3 is 20.3 Å². The largest absolute Gasteiger partial charge is 0.493 e. The maximum atomic E-state index is 12.8. The smallest absolute Gasteiger partial charge is 0.166 e. The first-order valence-corrected chi connectivity index (χ1v) is 4.86. The van der Waals surface area contributed by atoms with E-state index in [9.17, 15) is 9.50 Å². The third kappa shape index (κ3) is 2.43. The summed E-state index contributed by atoms with van der Waals surface area (Å²) in [6, 6.07) is 3.12. The van der Waals surface area contributed by atoms with Gasteiger partial charge in [-0.3, -0.25) is 0 Å². The molecule has 1 atom stereocenters. The van der Waals surface area contributed by atoms with Crippen LogP contribution >= 0.6 is 0 Å². The van der Waals surface area contributed by atoms with Crippen LogP contribution < -0.4 is 15.2 Å². The van der Waals surface area contributed by atoms with Gasteiger partial charge in [0.15, 0.2) is 11.5 Å². The molecule has 0 aliphatic carbocycles. The van der Waals surface area contributed by atoms with Crippen LogP contribution in [0.15, 0.2) is 12.1 Å². The summed E-state index contributed by atoms with van der Waals surface area (Å²) in [7, 11) is 2.90. The molecule has 0 spiro atoms. The molecule has 0 amide bonds. The number of hydrogen-bond acceptors (Lipinski definition) is 4. The topological polar surface area (TPSA) is 64.7 Å². The minimum Gasteiger partial charge on any atom is -0.493 e. The molecule has 0 heterocycles.